The zero-order chi connectivity index (χ0) is 21.6. The Bertz CT molecular complexity index is 1040. The first-order valence-electron chi connectivity index (χ1n) is 9.41. The van der Waals surface area contributed by atoms with Crippen LogP contribution in [0.15, 0.2) is 24.3 Å². The first kappa shape index (κ1) is 19.9. The summed E-state index contributed by atoms with van der Waals surface area (Å²) < 4.78 is 27.9. The summed E-state index contributed by atoms with van der Waals surface area (Å²) in [5, 5.41) is 9.62. The monoisotopic (exact) mass is 414 g/mol. The molecule has 2 aromatic rings. The second-order valence-electron chi connectivity index (χ2n) is 7.78. The standard InChI is InChI=1S/C22H22O8/c1-22(2)9-11-5-16(13(21(24)25)7-14(11)30-22)29-19-10-28-15-8-18(27-4)17(26-3)6-12(15)20(19)23/h5-8,19H,9-10H2,1-4H3,(H,24,25)/t19-/m1/s1. The number of hydrogen-bond acceptors (Lipinski definition) is 7. The lowest BCUT2D eigenvalue weighted by atomic mass is 9.99. The summed E-state index contributed by atoms with van der Waals surface area (Å²) in [6.45, 7) is 3.79. The Hall–Kier alpha value is -3.42. The van der Waals surface area contributed by atoms with E-state index in [0.29, 0.717) is 29.4 Å². The number of fused-ring (bicyclic) bond motifs is 2. The molecule has 4 rings (SSSR count). The van der Waals surface area contributed by atoms with E-state index in [1.165, 1.54) is 26.4 Å². The van der Waals surface area contributed by atoms with Crippen LogP contribution in [0.4, 0.5) is 0 Å². The number of ether oxygens (including phenoxy) is 5. The van der Waals surface area contributed by atoms with Crippen molar-refractivity contribution in [3.05, 3.63) is 41.0 Å². The summed E-state index contributed by atoms with van der Waals surface area (Å²) in [4.78, 5) is 24.8. The number of benzene rings is 2. The number of methoxy groups -OCH3 is 2. The highest BCUT2D eigenvalue weighted by Gasteiger charge is 2.36. The Morgan fingerprint density at radius 2 is 1.77 bits per heavy atom. The Morgan fingerprint density at radius 1 is 1.07 bits per heavy atom. The van der Waals surface area contributed by atoms with Crippen LogP contribution >= 0.6 is 0 Å². The van der Waals surface area contributed by atoms with E-state index in [1.54, 1.807) is 12.1 Å². The molecule has 8 heteroatoms. The van der Waals surface area contributed by atoms with Crippen molar-refractivity contribution >= 4 is 11.8 Å². The Kier molecular flexibility index (Phi) is 4.72. The molecular formula is C22H22O8. The van der Waals surface area contributed by atoms with Gasteiger partial charge in [0, 0.05) is 18.1 Å². The van der Waals surface area contributed by atoms with Crippen molar-refractivity contribution in [1.29, 1.82) is 0 Å². The minimum atomic E-state index is -1.17. The third-order valence-corrected chi connectivity index (χ3v) is 5.10. The van der Waals surface area contributed by atoms with E-state index in [0.717, 1.165) is 5.56 Å². The molecular weight excluding hydrogens is 392 g/mol. The third-order valence-electron chi connectivity index (χ3n) is 5.10. The van der Waals surface area contributed by atoms with E-state index in [4.69, 9.17) is 23.7 Å². The number of rotatable bonds is 5. The molecule has 0 unspecified atom stereocenters. The fraction of sp³-hybridized carbons (Fsp3) is 0.364. The molecule has 1 N–H and O–H groups in total. The maximum Gasteiger partial charge on any atom is 0.339 e. The molecule has 2 aliphatic heterocycles. The van der Waals surface area contributed by atoms with Gasteiger partial charge >= 0.3 is 5.97 Å². The van der Waals surface area contributed by atoms with Crippen LogP contribution in [-0.4, -0.2) is 49.4 Å². The third kappa shape index (κ3) is 3.38. The van der Waals surface area contributed by atoms with Gasteiger partial charge in [0.2, 0.25) is 5.78 Å². The van der Waals surface area contributed by atoms with Crippen molar-refractivity contribution in [2.45, 2.75) is 32.0 Å². The molecule has 0 bridgehead atoms. The van der Waals surface area contributed by atoms with Crippen LogP contribution in [0.1, 0.15) is 40.1 Å². The zero-order valence-corrected chi connectivity index (χ0v) is 17.1. The van der Waals surface area contributed by atoms with E-state index in [-0.39, 0.29) is 29.3 Å². The fourth-order valence-electron chi connectivity index (χ4n) is 3.72. The molecule has 0 aliphatic carbocycles. The molecule has 0 saturated heterocycles. The van der Waals surface area contributed by atoms with Crippen LogP contribution in [0.3, 0.4) is 0 Å². The minimum Gasteiger partial charge on any atom is -0.493 e. The predicted molar refractivity (Wildman–Crippen MR) is 106 cm³/mol. The molecule has 2 aliphatic rings. The summed E-state index contributed by atoms with van der Waals surface area (Å²) >= 11 is 0. The van der Waals surface area contributed by atoms with E-state index in [1.807, 2.05) is 13.8 Å². The zero-order valence-electron chi connectivity index (χ0n) is 17.1. The number of Topliss-reactive ketones (excluding diaryl/α,β-unsaturated/α-hetero) is 1. The molecule has 2 aromatic carbocycles. The van der Waals surface area contributed by atoms with Crippen molar-refractivity contribution in [3.8, 4) is 28.7 Å². The van der Waals surface area contributed by atoms with Crippen molar-refractivity contribution < 1.29 is 38.4 Å². The number of carboxylic acids is 1. The summed E-state index contributed by atoms with van der Waals surface area (Å²) in [7, 11) is 2.97. The molecule has 0 saturated carbocycles. The Balaban J connectivity index is 1.66. The molecule has 30 heavy (non-hydrogen) atoms. The first-order chi connectivity index (χ1) is 14.2. The van der Waals surface area contributed by atoms with Gasteiger partial charge in [-0.1, -0.05) is 0 Å². The summed E-state index contributed by atoms with van der Waals surface area (Å²) in [6.07, 6.45) is -0.393. The van der Waals surface area contributed by atoms with E-state index < -0.39 is 17.7 Å². The first-order valence-corrected chi connectivity index (χ1v) is 9.41. The molecule has 0 fully saturated rings. The van der Waals surface area contributed by atoms with Crippen molar-refractivity contribution in [1.82, 2.24) is 0 Å². The summed E-state index contributed by atoms with van der Waals surface area (Å²) in [5.74, 6) is 0.309. The van der Waals surface area contributed by atoms with Gasteiger partial charge in [-0.2, -0.15) is 0 Å². The molecule has 1 atom stereocenters. The van der Waals surface area contributed by atoms with E-state index in [2.05, 4.69) is 0 Å². The highest BCUT2D eigenvalue weighted by atomic mass is 16.5. The van der Waals surface area contributed by atoms with Gasteiger partial charge in [-0.25, -0.2) is 4.79 Å². The lowest BCUT2D eigenvalue weighted by Crippen LogP contribution is -2.38. The quantitative estimate of drug-likeness (QED) is 0.797. The maximum atomic E-state index is 13.0. The van der Waals surface area contributed by atoms with Crippen LogP contribution in [0.2, 0.25) is 0 Å². The van der Waals surface area contributed by atoms with Gasteiger partial charge in [-0.3, -0.25) is 4.79 Å². The van der Waals surface area contributed by atoms with Crippen LogP contribution in [-0.2, 0) is 6.42 Å². The van der Waals surface area contributed by atoms with Crippen molar-refractivity contribution in [2.75, 3.05) is 20.8 Å². The lowest BCUT2D eigenvalue weighted by molar-refractivity contribution is 0.0595. The molecule has 158 valence electrons. The molecule has 2 heterocycles. The largest absolute Gasteiger partial charge is 0.493 e. The van der Waals surface area contributed by atoms with Gasteiger partial charge in [0.05, 0.1) is 19.8 Å². The van der Waals surface area contributed by atoms with Gasteiger partial charge < -0.3 is 28.8 Å². The number of carbonyl (C=O) groups is 2. The highest BCUT2D eigenvalue weighted by molar-refractivity contribution is 6.04. The topological polar surface area (TPSA) is 101 Å². The Labute approximate surface area is 173 Å². The fourth-order valence-corrected chi connectivity index (χ4v) is 3.72. The summed E-state index contributed by atoms with van der Waals surface area (Å²) in [6, 6.07) is 6.19. The number of ketones is 1. The van der Waals surface area contributed by atoms with Gasteiger partial charge in [0.1, 0.15) is 35.0 Å². The Morgan fingerprint density at radius 3 is 2.43 bits per heavy atom. The number of hydrogen-bond donors (Lipinski definition) is 1. The van der Waals surface area contributed by atoms with Crippen LogP contribution in [0.5, 0.6) is 28.7 Å². The molecule has 0 spiro atoms. The van der Waals surface area contributed by atoms with E-state index >= 15 is 0 Å². The molecule has 0 radical (unpaired) electrons. The van der Waals surface area contributed by atoms with E-state index in [9.17, 15) is 14.7 Å². The van der Waals surface area contributed by atoms with Gasteiger partial charge in [-0.15, -0.1) is 0 Å². The maximum absolute atomic E-state index is 13.0. The van der Waals surface area contributed by atoms with Gasteiger partial charge in [0.25, 0.3) is 0 Å². The molecule has 0 aromatic heterocycles. The smallest absolute Gasteiger partial charge is 0.339 e. The minimum absolute atomic E-state index is 0.0561. The number of aromatic carboxylic acids is 1. The highest BCUT2D eigenvalue weighted by Crippen LogP contribution is 2.41. The summed E-state index contributed by atoms with van der Waals surface area (Å²) in [5.41, 5.74) is 0.606. The second kappa shape index (κ2) is 7.12. The SMILES string of the molecule is COc1cc2c(cc1OC)C(=O)[C@H](Oc1cc3c(cc1C(=O)O)OC(C)(C)C3)CO2. The normalized spacial score (nSPS) is 18.5. The lowest BCUT2D eigenvalue weighted by Gasteiger charge is -2.26. The van der Waals surface area contributed by atoms with Crippen LogP contribution < -0.4 is 23.7 Å². The predicted octanol–water partition coefficient (Wildman–Crippen LogP) is 3.14. The van der Waals surface area contributed by atoms with Crippen LogP contribution in [0.25, 0.3) is 0 Å². The molecule has 8 nitrogen and oxygen atoms in total. The molecule has 0 amide bonds. The van der Waals surface area contributed by atoms with Crippen molar-refractivity contribution in [3.63, 3.8) is 0 Å². The van der Waals surface area contributed by atoms with Gasteiger partial charge in [-0.05, 0) is 32.0 Å². The number of carboxylic acid groups (broad SMARTS) is 1. The average Bonchev–Trinajstić information content (AvgIpc) is 3.01. The van der Waals surface area contributed by atoms with Gasteiger partial charge in [0.15, 0.2) is 17.6 Å². The second-order valence-corrected chi connectivity index (χ2v) is 7.78. The van der Waals surface area contributed by atoms with Crippen molar-refractivity contribution in [2.24, 2.45) is 0 Å². The number of carbonyl (C=O) groups excluding carboxylic acids is 1. The van der Waals surface area contributed by atoms with Crippen LogP contribution in [0, 0.1) is 0 Å². The average molecular weight is 414 g/mol.